The summed E-state index contributed by atoms with van der Waals surface area (Å²) >= 11 is 0. The van der Waals surface area contributed by atoms with Crippen molar-refractivity contribution >= 4 is 18.0 Å². The number of carbonyl (C=O) groups is 3. The highest BCUT2D eigenvalue weighted by Gasteiger charge is 2.37. The van der Waals surface area contributed by atoms with Crippen molar-refractivity contribution in [3.63, 3.8) is 0 Å². The summed E-state index contributed by atoms with van der Waals surface area (Å²) < 4.78 is 1.64. The van der Waals surface area contributed by atoms with Crippen LogP contribution in [0.2, 0.25) is 0 Å². The van der Waals surface area contributed by atoms with E-state index in [1.165, 1.54) is 0 Å². The van der Waals surface area contributed by atoms with E-state index in [4.69, 9.17) is 5.11 Å². The molecule has 2 aromatic rings. The Hall–Kier alpha value is -3.43. The van der Waals surface area contributed by atoms with Crippen LogP contribution in [0.25, 0.3) is 0 Å². The van der Waals surface area contributed by atoms with Crippen LogP contribution in [0, 0.1) is 6.92 Å². The molecule has 0 unspecified atom stereocenters. The number of aryl methyl sites for hydroxylation is 1. The monoisotopic (exact) mass is 412 g/mol. The Kier molecular flexibility index (Phi) is 5.39. The summed E-state index contributed by atoms with van der Waals surface area (Å²) in [6, 6.07) is 2.68. The van der Waals surface area contributed by atoms with E-state index in [2.05, 4.69) is 15.3 Å². The molecule has 0 aliphatic carbocycles. The molecular weight excluding hydrogens is 388 g/mol. The highest BCUT2D eigenvalue weighted by molar-refractivity contribution is 5.86. The van der Waals surface area contributed by atoms with Gasteiger partial charge in [-0.3, -0.25) is 14.3 Å². The smallest absolute Gasteiger partial charge is 0.405 e. The van der Waals surface area contributed by atoms with Crippen LogP contribution in [0.15, 0.2) is 30.7 Å². The molecule has 0 radical (unpaired) electrons. The number of hydrogen-bond donors (Lipinski definition) is 2. The van der Waals surface area contributed by atoms with Gasteiger partial charge in [0.25, 0.3) is 0 Å². The average molecular weight is 412 g/mol. The summed E-state index contributed by atoms with van der Waals surface area (Å²) in [5, 5.41) is 11.5. The van der Waals surface area contributed by atoms with Gasteiger partial charge in [-0.1, -0.05) is 6.07 Å². The third-order valence-corrected chi connectivity index (χ3v) is 5.76. The number of aromatic nitrogens is 3. The number of fused-ring (bicyclic) bond motifs is 1. The van der Waals surface area contributed by atoms with Crippen LogP contribution in [-0.2, 0) is 17.8 Å². The fourth-order valence-corrected chi connectivity index (χ4v) is 4.24. The molecule has 2 N–H and O–H groups in total. The molecule has 0 aromatic carbocycles. The first kappa shape index (κ1) is 19.9. The number of nitrogens with one attached hydrogen (secondary N) is 1. The molecule has 1 atom stereocenters. The molecule has 2 aliphatic heterocycles. The SMILES string of the molecule is Cc1ncc2n1C(=O)N(C1CCN(C(=O)[C@@H](Cc3cccnc3)NC(=O)O)CC1)C2. The van der Waals surface area contributed by atoms with Crippen LogP contribution in [0.5, 0.6) is 0 Å². The van der Waals surface area contributed by atoms with Crippen molar-refractivity contribution in [1.29, 1.82) is 0 Å². The minimum atomic E-state index is -1.24. The number of rotatable bonds is 5. The molecule has 4 rings (SSSR count). The van der Waals surface area contributed by atoms with Gasteiger partial charge in [-0.05, 0) is 31.4 Å². The molecule has 0 spiro atoms. The van der Waals surface area contributed by atoms with Gasteiger partial charge in [0.1, 0.15) is 11.9 Å². The lowest BCUT2D eigenvalue weighted by Gasteiger charge is -2.37. The Morgan fingerprint density at radius 1 is 1.30 bits per heavy atom. The summed E-state index contributed by atoms with van der Waals surface area (Å²) in [5.41, 5.74) is 1.67. The maximum atomic E-state index is 13.0. The van der Waals surface area contributed by atoms with Crippen LogP contribution >= 0.6 is 0 Å². The predicted octanol–water partition coefficient (Wildman–Crippen LogP) is 1.24. The van der Waals surface area contributed by atoms with E-state index in [0.29, 0.717) is 38.3 Å². The van der Waals surface area contributed by atoms with E-state index in [9.17, 15) is 14.4 Å². The van der Waals surface area contributed by atoms with Gasteiger partial charge in [0.15, 0.2) is 0 Å². The lowest BCUT2D eigenvalue weighted by Crippen LogP contribution is -2.53. The Bertz CT molecular complexity index is 951. The Balaban J connectivity index is 1.38. The zero-order valence-corrected chi connectivity index (χ0v) is 16.7. The van der Waals surface area contributed by atoms with Gasteiger partial charge < -0.3 is 20.2 Å². The van der Waals surface area contributed by atoms with E-state index < -0.39 is 12.1 Å². The maximum absolute atomic E-state index is 13.0. The largest absolute Gasteiger partial charge is 0.465 e. The molecule has 10 heteroatoms. The molecule has 0 saturated carbocycles. The van der Waals surface area contributed by atoms with Crippen LogP contribution in [-0.4, -0.2) is 72.6 Å². The lowest BCUT2D eigenvalue weighted by molar-refractivity contribution is -0.134. The second-order valence-corrected chi connectivity index (χ2v) is 7.67. The quantitative estimate of drug-likeness (QED) is 0.762. The number of amides is 3. The Morgan fingerprint density at radius 3 is 2.70 bits per heavy atom. The van der Waals surface area contributed by atoms with Gasteiger partial charge in [0.2, 0.25) is 5.91 Å². The molecule has 2 aromatic heterocycles. The molecule has 4 heterocycles. The summed E-state index contributed by atoms with van der Waals surface area (Å²) in [6.45, 7) is 3.29. The number of hydrogen-bond acceptors (Lipinski definition) is 5. The minimum Gasteiger partial charge on any atom is -0.465 e. The van der Waals surface area contributed by atoms with Crippen molar-refractivity contribution < 1.29 is 19.5 Å². The van der Waals surface area contributed by atoms with Crippen molar-refractivity contribution in [2.75, 3.05) is 13.1 Å². The van der Waals surface area contributed by atoms with Crippen LogP contribution in [0.4, 0.5) is 9.59 Å². The Morgan fingerprint density at radius 2 is 2.07 bits per heavy atom. The number of likely N-dealkylation sites (tertiary alicyclic amines) is 1. The fourth-order valence-electron chi connectivity index (χ4n) is 4.24. The third-order valence-electron chi connectivity index (χ3n) is 5.76. The number of nitrogens with zero attached hydrogens (tertiary/aromatic N) is 5. The van der Waals surface area contributed by atoms with Gasteiger partial charge in [0, 0.05) is 37.9 Å². The van der Waals surface area contributed by atoms with Crippen molar-refractivity contribution in [3.05, 3.63) is 47.8 Å². The predicted molar refractivity (Wildman–Crippen MR) is 106 cm³/mol. The van der Waals surface area contributed by atoms with E-state index >= 15 is 0 Å². The number of imidazole rings is 1. The van der Waals surface area contributed by atoms with Gasteiger partial charge in [-0.15, -0.1) is 0 Å². The topological polar surface area (TPSA) is 121 Å². The van der Waals surface area contributed by atoms with Crippen LogP contribution < -0.4 is 5.32 Å². The zero-order chi connectivity index (χ0) is 21.3. The molecule has 0 bridgehead atoms. The number of pyridine rings is 1. The summed E-state index contributed by atoms with van der Waals surface area (Å²) in [6.07, 6.45) is 5.30. The molecule has 1 fully saturated rings. The van der Waals surface area contributed by atoms with Gasteiger partial charge in [0.05, 0.1) is 18.4 Å². The van der Waals surface area contributed by atoms with Crippen molar-refractivity contribution in [1.82, 2.24) is 29.7 Å². The first-order valence-corrected chi connectivity index (χ1v) is 9.95. The molecule has 2 aliphatic rings. The van der Waals surface area contributed by atoms with Gasteiger partial charge in [-0.25, -0.2) is 14.6 Å². The molecule has 158 valence electrons. The molecule has 3 amide bonds. The van der Waals surface area contributed by atoms with Gasteiger partial charge >= 0.3 is 12.1 Å². The number of piperidine rings is 1. The number of carbonyl (C=O) groups excluding carboxylic acids is 2. The summed E-state index contributed by atoms with van der Waals surface area (Å²) in [7, 11) is 0. The molecule has 1 saturated heterocycles. The lowest BCUT2D eigenvalue weighted by atomic mass is 10.0. The Labute approximate surface area is 173 Å². The summed E-state index contributed by atoms with van der Waals surface area (Å²) in [4.78, 5) is 48.7. The fraction of sp³-hybridized carbons (Fsp3) is 0.450. The molecule has 30 heavy (non-hydrogen) atoms. The van der Waals surface area contributed by atoms with E-state index in [0.717, 1.165) is 11.3 Å². The first-order chi connectivity index (χ1) is 14.4. The van der Waals surface area contributed by atoms with Crippen LogP contribution in [0.3, 0.4) is 0 Å². The van der Waals surface area contributed by atoms with Crippen LogP contribution in [0.1, 0.15) is 29.9 Å². The second-order valence-electron chi connectivity index (χ2n) is 7.67. The van der Waals surface area contributed by atoms with Gasteiger partial charge in [-0.2, -0.15) is 0 Å². The highest BCUT2D eigenvalue weighted by atomic mass is 16.4. The standard InChI is InChI=1S/C20H24N6O4/c1-13-22-11-16-12-25(20(30)26(13)16)15-4-7-24(8-5-15)18(27)17(23-19(28)29)9-14-3-2-6-21-10-14/h2-3,6,10-11,15,17,23H,4-5,7-9,12H2,1H3,(H,28,29)/t17-/m1/s1. The minimum absolute atomic E-state index is 0.0463. The normalized spacial score (nSPS) is 17.7. The van der Waals surface area contributed by atoms with Crippen molar-refractivity contribution in [2.45, 2.75) is 44.8 Å². The zero-order valence-electron chi connectivity index (χ0n) is 16.7. The van der Waals surface area contributed by atoms with E-state index in [-0.39, 0.29) is 24.4 Å². The highest BCUT2D eigenvalue weighted by Crippen LogP contribution is 2.26. The second kappa shape index (κ2) is 8.13. The summed E-state index contributed by atoms with van der Waals surface area (Å²) in [5.74, 6) is 0.432. The van der Waals surface area contributed by atoms with Crippen molar-refractivity contribution in [3.8, 4) is 0 Å². The maximum Gasteiger partial charge on any atom is 0.405 e. The number of carboxylic acid groups (broad SMARTS) is 1. The molecule has 10 nitrogen and oxygen atoms in total. The van der Waals surface area contributed by atoms with Crippen molar-refractivity contribution in [2.24, 2.45) is 0 Å². The first-order valence-electron chi connectivity index (χ1n) is 9.95. The average Bonchev–Trinajstić information content (AvgIpc) is 3.27. The molecular formula is C20H24N6O4. The third kappa shape index (κ3) is 3.85. The van der Waals surface area contributed by atoms with E-state index in [1.807, 2.05) is 17.9 Å². The van der Waals surface area contributed by atoms with E-state index in [1.54, 1.807) is 34.1 Å².